The van der Waals surface area contributed by atoms with E-state index in [0.29, 0.717) is 5.89 Å². The lowest BCUT2D eigenvalue weighted by Crippen LogP contribution is -1.78. The lowest BCUT2D eigenvalue weighted by Gasteiger charge is -1.86. The summed E-state index contributed by atoms with van der Waals surface area (Å²) in [5.41, 5.74) is 1.77. The lowest BCUT2D eigenvalue weighted by atomic mass is 10.3. The fourth-order valence-electron chi connectivity index (χ4n) is 0.857. The molecule has 0 amide bonds. The first-order valence-electron chi connectivity index (χ1n) is 3.14. The van der Waals surface area contributed by atoms with E-state index in [1.165, 1.54) is 6.39 Å². The van der Waals surface area contributed by atoms with Crippen LogP contribution in [0.2, 0.25) is 0 Å². The van der Waals surface area contributed by atoms with Gasteiger partial charge in [-0.05, 0) is 6.92 Å². The lowest BCUT2D eigenvalue weighted by molar-refractivity contribution is 0.568. The first-order valence-corrected chi connectivity index (χ1v) is 3.14. The zero-order valence-electron chi connectivity index (χ0n) is 5.90. The standard InChI is InChI=1S/C6H6N4O/c1-4-5(2-7-9-4)6-10-8-3-11-6/h2-3H,1H3,(H,7,9). The van der Waals surface area contributed by atoms with E-state index in [0.717, 1.165) is 11.3 Å². The Hall–Kier alpha value is -1.65. The van der Waals surface area contributed by atoms with Gasteiger partial charge in [-0.3, -0.25) is 5.10 Å². The molecule has 11 heavy (non-hydrogen) atoms. The Morgan fingerprint density at radius 3 is 3.00 bits per heavy atom. The van der Waals surface area contributed by atoms with Crippen LogP contribution in [0, 0.1) is 6.92 Å². The molecule has 2 aromatic rings. The largest absolute Gasteiger partial charge is 0.423 e. The van der Waals surface area contributed by atoms with Crippen LogP contribution in [0.1, 0.15) is 5.69 Å². The summed E-state index contributed by atoms with van der Waals surface area (Å²) in [6, 6.07) is 0. The minimum Gasteiger partial charge on any atom is -0.423 e. The predicted molar refractivity (Wildman–Crippen MR) is 36.6 cm³/mol. The topological polar surface area (TPSA) is 67.6 Å². The van der Waals surface area contributed by atoms with E-state index in [4.69, 9.17) is 4.42 Å². The molecule has 2 rings (SSSR count). The van der Waals surface area contributed by atoms with E-state index in [1.54, 1.807) is 6.20 Å². The zero-order chi connectivity index (χ0) is 7.68. The number of aryl methyl sites for hydroxylation is 1. The number of H-pyrrole nitrogens is 1. The average Bonchev–Trinajstić information content (AvgIpc) is 2.55. The molecule has 0 unspecified atom stereocenters. The second-order valence-electron chi connectivity index (χ2n) is 2.15. The zero-order valence-corrected chi connectivity index (χ0v) is 5.90. The second-order valence-corrected chi connectivity index (χ2v) is 2.15. The molecule has 0 bridgehead atoms. The van der Waals surface area contributed by atoms with Crippen LogP contribution in [0.3, 0.4) is 0 Å². The smallest absolute Gasteiger partial charge is 0.250 e. The highest BCUT2D eigenvalue weighted by Crippen LogP contribution is 2.17. The van der Waals surface area contributed by atoms with Crippen LogP contribution in [-0.2, 0) is 0 Å². The van der Waals surface area contributed by atoms with Crippen LogP contribution in [0.25, 0.3) is 11.5 Å². The first-order chi connectivity index (χ1) is 5.38. The number of aromatic amines is 1. The molecule has 2 aromatic heterocycles. The summed E-state index contributed by atoms with van der Waals surface area (Å²) in [7, 11) is 0. The summed E-state index contributed by atoms with van der Waals surface area (Å²) in [5, 5.41) is 13.9. The fraction of sp³-hybridized carbons (Fsp3) is 0.167. The van der Waals surface area contributed by atoms with Crippen LogP contribution < -0.4 is 0 Å². The molecule has 1 N–H and O–H groups in total. The fourth-order valence-corrected chi connectivity index (χ4v) is 0.857. The molecule has 0 atom stereocenters. The van der Waals surface area contributed by atoms with Gasteiger partial charge in [0.05, 0.1) is 11.8 Å². The molecule has 5 heteroatoms. The van der Waals surface area contributed by atoms with E-state index in [9.17, 15) is 0 Å². The van der Waals surface area contributed by atoms with Crippen molar-refractivity contribution in [2.45, 2.75) is 6.92 Å². The molecule has 0 aliphatic heterocycles. The molecule has 0 aromatic carbocycles. The molecule has 2 heterocycles. The summed E-state index contributed by atoms with van der Waals surface area (Å²) in [5.74, 6) is 0.497. The van der Waals surface area contributed by atoms with E-state index in [1.807, 2.05) is 6.92 Å². The van der Waals surface area contributed by atoms with Gasteiger partial charge in [-0.15, -0.1) is 10.2 Å². The van der Waals surface area contributed by atoms with Crippen LogP contribution >= 0.6 is 0 Å². The van der Waals surface area contributed by atoms with Gasteiger partial charge >= 0.3 is 0 Å². The SMILES string of the molecule is Cc1[nH]ncc1-c1nnco1. The van der Waals surface area contributed by atoms with Crippen LogP contribution in [0.15, 0.2) is 17.0 Å². The molecule has 0 aliphatic rings. The van der Waals surface area contributed by atoms with Gasteiger partial charge in [-0.1, -0.05) is 0 Å². The third-order valence-corrected chi connectivity index (χ3v) is 1.42. The summed E-state index contributed by atoms with van der Waals surface area (Å²) in [4.78, 5) is 0. The number of hydrogen-bond acceptors (Lipinski definition) is 4. The maximum atomic E-state index is 4.98. The molecule has 0 fully saturated rings. The normalized spacial score (nSPS) is 10.3. The minimum atomic E-state index is 0.497. The van der Waals surface area contributed by atoms with E-state index in [2.05, 4.69) is 20.4 Å². The highest BCUT2D eigenvalue weighted by Gasteiger charge is 2.07. The van der Waals surface area contributed by atoms with Crippen molar-refractivity contribution in [2.75, 3.05) is 0 Å². The van der Waals surface area contributed by atoms with Crippen molar-refractivity contribution >= 4 is 0 Å². The van der Waals surface area contributed by atoms with Gasteiger partial charge in [0, 0.05) is 5.69 Å². The molecule has 5 nitrogen and oxygen atoms in total. The molecular formula is C6H6N4O. The summed E-state index contributed by atoms with van der Waals surface area (Å²) < 4.78 is 4.98. The van der Waals surface area contributed by atoms with Gasteiger partial charge in [-0.25, -0.2) is 0 Å². The summed E-state index contributed by atoms with van der Waals surface area (Å²) >= 11 is 0. The highest BCUT2D eigenvalue weighted by atomic mass is 16.4. The van der Waals surface area contributed by atoms with Crippen molar-refractivity contribution in [3.8, 4) is 11.5 Å². The van der Waals surface area contributed by atoms with Crippen molar-refractivity contribution in [2.24, 2.45) is 0 Å². The molecular weight excluding hydrogens is 144 g/mol. The van der Waals surface area contributed by atoms with Crippen LogP contribution in [0.5, 0.6) is 0 Å². The third kappa shape index (κ3) is 0.899. The summed E-state index contributed by atoms with van der Waals surface area (Å²) in [6.45, 7) is 1.90. The molecule has 0 saturated carbocycles. The highest BCUT2D eigenvalue weighted by molar-refractivity contribution is 5.53. The first kappa shape index (κ1) is 6.09. The van der Waals surface area contributed by atoms with Gasteiger partial charge in [0.1, 0.15) is 0 Å². The molecule has 0 saturated heterocycles. The molecule has 0 radical (unpaired) electrons. The number of nitrogens with one attached hydrogen (secondary N) is 1. The number of rotatable bonds is 1. The average molecular weight is 150 g/mol. The number of aromatic nitrogens is 4. The molecule has 0 aliphatic carbocycles. The van der Waals surface area contributed by atoms with Gasteiger partial charge < -0.3 is 4.42 Å². The van der Waals surface area contributed by atoms with E-state index in [-0.39, 0.29) is 0 Å². The predicted octanol–water partition coefficient (Wildman–Crippen LogP) is 0.768. The molecule has 0 spiro atoms. The third-order valence-electron chi connectivity index (χ3n) is 1.42. The Bertz CT molecular complexity index is 337. The van der Waals surface area contributed by atoms with E-state index >= 15 is 0 Å². The Morgan fingerprint density at radius 1 is 1.55 bits per heavy atom. The monoisotopic (exact) mass is 150 g/mol. The van der Waals surface area contributed by atoms with E-state index < -0.39 is 0 Å². The maximum Gasteiger partial charge on any atom is 0.250 e. The van der Waals surface area contributed by atoms with Crippen LogP contribution in [0.4, 0.5) is 0 Å². The van der Waals surface area contributed by atoms with Gasteiger partial charge in [0.2, 0.25) is 6.39 Å². The van der Waals surface area contributed by atoms with Crippen molar-refractivity contribution in [1.29, 1.82) is 0 Å². The quantitative estimate of drug-likeness (QED) is 0.651. The van der Waals surface area contributed by atoms with Crippen molar-refractivity contribution < 1.29 is 4.42 Å². The Morgan fingerprint density at radius 2 is 2.45 bits per heavy atom. The Labute approximate surface area is 62.5 Å². The van der Waals surface area contributed by atoms with Gasteiger partial charge in [-0.2, -0.15) is 5.10 Å². The van der Waals surface area contributed by atoms with Crippen molar-refractivity contribution in [3.63, 3.8) is 0 Å². The van der Waals surface area contributed by atoms with Gasteiger partial charge in [0.25, 0.3) is 5.89 Å². The Balaban J connectivity index is 2.53. The number of nitrogens with zero attached hydrogens (tertiary/aromatic N) is 3. The van der Waals surface area contributed by atoms with Crippen LogP contribution in [-0.4, -0.2) is 20.4 Å². The van der Waals surface area contributed by atoms with Crippen molar-refractivity contribution in [1.82, 2.24) is 20.4 Å². The second kappa shape index (κ2) is 2.19. The summed E-state index contributed by atoms with van der Waals surface area (Å²) in [6.07, 6.45) is 2.95. The minimum absolute atomic E-state index is 0.497. The van der Waals surface area contributed by atoms with Crippen molar-refractivity contribution in [3.05, 3.63) is 18.3 Å². The molecule has 56 valence electrons. The number of hydrogen-bond donors (Lipinski definition) is 1. The Kier molecular flexibility index (Phi) is 1.21. The van der Waals surface area contributed by atoms with Gasteiger partial charge in [0.15, 0.2) is 0 Å². The maximum absolute atomic E-state index is 4.98.